The Hall–Kier alpha value is -0.850. The highest BCUT2D eigenvalue weighted by Gasteiger charge is 2.35. The van der Waals surface area contributed by atoms with Crippen LogP contribution in [0.1, 0.15) is 6.92 Å². The molecule has 0 aliphatic carbocycles. The molecule has 2 rings (SSSR count). The molecule has 0 fully saturated rings. The van der Waals surface area contributed by atoms with Crippen LogP contribution in [-0.2, 0) is 20.0 Å². The van der Waals surface area contributed by atoms with E-state index in [9.17, 15) is 8.76 Å². The molecule has 0 aromatic heterocycles. The first kappa shape index (κ1) is 9.70. The van der Waals surface area contributed by atoms with Gasteiger partial charge in [-0.3, -0.25) is 0 Å². The smallest absolute Gasteiger partial charge is 0.249 e. The summed E-state index contributed by atoms with van der Waals surface area (Å²) in [5, 5.41) is 1.23. The molecule has 0 saturated carbocycles. The summed E-state index contributed by atoms with van der Waals surface area (Å²) in [7, 11) is -3.47. The summed E-state index contributed by atoms with van der Waals surface area (Å²) in [6.07, 6.45) is 0. The maximum Gasteiger partial charge on any atom is 0.249 e. The van der Waals surface area contributed by atoms with Gasteiger partial charge in [0.05, 0.1) is 10.7 Å². The zero-order valence-corrected chi connectivity index (χ0v) is 9.01. The molecule has 1 aromatic carbocycles. The third kappa shape index (κ3) is 1.35. The summed E-state index contributed by atoms with van der Waals surface area (Å²) >= 11 is 4.50. The molecule has 6 heteroatoms. The van der Waals surface area contributed by atoms with Gasteiger partial charge in [0.15, 0.2) is 8.77 Å². The van der Waals surface area contributed by atoms with Crippen molar-refractivity contribution in [2.75, 3.05) is 0 Å². The van der Waals surface area contributed by atoms with Crippen LogP contribution in [-0.4, -0.2) is 13.8 Å². The second-order valence-electron chi connectivity index (χ2n) is 3.12. The maximum atomic E-state index is 11.4. The van der Waals surface area contributed by atoms with E-state index in [1.54, 1.807) is 24.3 Å². The van der Waals surface area contributed by atoms with Crippen LogP contribution in [0.2, 0.25) is 0 Å². The van der Waals surface area contributed by atoms with Crippen LogP contribution in [0.3, 0.4) is 0 Å². The highest BCUT2D eigenvalue weighted by Crippen LogP contribution is 2.19. The molecule has 0 radical (unpaired) electrons. The second kappa shape index (κ2) is 2.82. The quantitative estimate of drug-likeness (QED) is 0.726. The SMILES string of the molecule is CC1(S(=O)(O)=S)N=c2ccccc2=N1. The van der Waals surface area contributed by atoms with E-state index in [4.69, 9.17) is 0 Å². The van der Waals surface area contributed by atoms with Gasteiger partial charge in [-0.2, -0.15) is 0 Å². The fraction of sp³-hybridized carbons (Fsp3) is 0.250. The summed E-state index contributed by atoms with van der Waals surface area (Å²) in [6, 6.07) is 7.08. The van der Waals surface area contributed by atoms with E-state index in [0.717, 1.165) is 0 Å². The second-order valence-corrected chi connectivity index (χ2v) is 6.20. The van der Waals surface area contributed by atoms with Gasteiger partial charge in [-0.25, -0.2) is 14.2 Å². The van der Waals surface area contributed by atoms with Gasteiger partial charge in [0, 0.05) is 11.2 Å². The Kier molecular flexibility index (Phi) is 1.95. The number of benzene rings is 1. The maximum absolute atomic E-state index is 11.4. The van der Waals surface area contributed by atoms with Gasteiger partial charge in [0.1, 0.15) is 0 Å². The Morgan fingerprint density at radius 2 is 1.79 bits per heavy atom. The molecule has 14 heavy (non-hydrogen) atoms. The molecular formula is C8H8N2O2S2. The molecule has 1 aromatic rings. The van der Waals surface area contributed by atoms with Crippen molar-refractivity contribution in [2.45, 2.75) is 11.9 Å². The van der Waals surface area contributed by atoms with Crippen molar-refractivity contribution in [3.8, 4) is 0 Å². The Morgan fingerprint density at radius 1 is 1.36 bits per heavy atom. The number of nitrogens with zero attached hydrogens (tertiary/aromatic N) is 2. The molecule has 1 aliphatic rings. The topological polar surface area (TPSA) is 62.0 Å². The highest BCUT2D eigenvalue weighted by atomic mass is 32.8. The number of fused-ring (bicyclic) bond motifs is 1. The van der Waals surface area contributed by atoms with E-state index in [1.165, 1.54) is 6.92 Å². The van der Waals surface area contributed by atoms with Crippen LogP contribution in [0.15, 0.2) is 34.3 Å². The van der Waals surface area contributed by atoms with Gasteiger partial charge < -0.3 is 4.55 Å². The third-order valence-electron chi connectivity index (χ3n) is 2.03. The van der Waals surface area contributed by atoms with Gasteiger partial charge in [0.25, 0.3) is 0 Å². The third-order valence-corrected chi connectivity index (χ3v) is 4.13. The Morgan fingerprint density at radius 3 is 2.14 bits per heavy atom. The number of hydrogen-bond donors (Lipinski definition) is 1. The lowest BCUT2D eigenvalue weighted by Crippen LogP contribution is -2.28. The molecule has 0 saturated heterocycles. The molecule has 1 N–H and O–H groups in total. The van der Waals surface area contributed by atoms with Gasteiger partial charge >= 0.3 is 0 Å². The van der Waals surface area contributed by atoms with Gasteiger partial charge in [-0.1, -0.05) is 12.1 Å². The number of rotatable bonds is 1. The lowest BCUT2D eigenvalue weighted by Gasteiger charge is -2.15. The minimum atomic E-state index is -3.47. The van der Waals surface area contributed by atoms with Crippen molar-refractivity contribution in [3.63, 3.8) is 0 Å². The molecule has 1 aliphatic heterocycles. The van der Waals surface area contributed by atoms with Crippen LogP contribution in [0.5, 0.6) is 0 Å². The molecular weight excluding hydrogens is 220 g/mol. The fourth-order valence-electron chi connectivity index (χ4n) is 1.24. The molecule has 4 nitrogen and oxygen atoms in total. The summed E-state index contributed by atoms with van der Waals surface area (Å²) in [4.78, 5) is 6.71. The fourth-order valence-corrected chi connectivity index (χ4v) is 1.89. The van der Waals surface area contributed by atoms with Crippen LogP contribution < -0.4 is 10.7 Å². The van der Waals surface area contributed by atoms with Crippen molar-refractivity contribution < 1.29 is 8.76 Å². The number of hydrogen-bond acceptors (Lipinski definition) is 4. The largest absolute Gasteiger partial charge is 0.302 e. The van der Waals surface area contributed by atoms with Gasteiger partial charge in [-0.15, -0.1) is 0 Å². The molecule has 0 amide bonds. The Bertz CT molecular complexity index is 557. The van der Waals surface area contributed by atoms with Crippen LogP contribution in [0.4, 0.5) is 0 Å². The average molecular weight is 228 g/mol. The molecule has 1 heterocycles. The lowest BCUT2D eigenvalue weighted by molar-refractivity contribution is 0.511. The first-order chi connectivity index (χ1) is 6.42. The zero-order valence-electron chi connectivity index (χ0n) is 7.38. The Balaban J connectivity index is 2.77. The van der Waals surface area contributed by atoms with E-state index in [1.807, 2.05) is 0 Å². The summed E-state index contributed by atoms with van der Waals surface area (Å²) in [5.74, 6) is 0. The summed E-state index contributed by atoms with van der Waals surface area (Å²) in [5.41, 5.74) is 0. The van der Waals surface area contributed by atoms with Crippen molar-refractivity contribution in [1.82, 2.24) is 0 Å². The van der Waals surface area contributed by atoms with Crippen LogP contribution >= 0.6 is 0 Å². The van der Waals surface area contributed by atoms with Crippen molar-refractivity contribution in [2.24, 2.45) is 9.98 Å². The summed E-state index contributed by atoms with van der Waals surface area (Å²) in [6.45, 7) is 1.46. The highest BCUT2D eigenvalue weighted by molar-refractivity contribution is 8.30. The molecule has 0 spiro atoms. The molecule has 74 valence electrons. The van der Waals surface area contributed by atoms with E-state index in [-0.39, 0.29) is 0 Å². The predicted molar refractivity (Wildman–Crippen MR) is 55.3 cm³/mol. The van der Waals surface area contributed by atoms with Gasteiger partial charge in [-0.05, 0) is 19.1 Å². The Labute approximate surface area is 85.9 Å². The first-order valence-electron chi connectivity index (χ1n) is 3.94. The first-order valence-corrected chi connectivity index (χ1v) is 6.38. The van der Waals surface area contributed by atoms with E-state index in [0.29, 0.717) is 10.7 Å². The van der Waals surface area contributed by atoms with E-state index < -0.39 is 13.8 Å². The molecule has 0 bridgehead atoms. The van der Waals surface area contributed by atoms with Crippen molar-refractivity contribution in [1.29, 1.82) is 0 Å². The normalized spacial score (nSPS) is 21.6. The molecule has 1 atom stereocenters. The lowest BCUT2D eigenvalue weighted by atomic mass is 10.3. The minimum absolute atomic E-state index is 0.613. The van der Waals surface area contributed by atoms with E-state index in [2.05, 4.69) is 21.2 Å². The predicted octanol–water partition coefficient (Wildman–Crippen LogP) is -0.168. The zero-order chi connectivity index (χ0) is 10.4. The average Bonchev–Trinajstić information content (AvgIpc) is 2.40. The van der Waals surface area contributed by atoms with E-state index >= 15 is 0 Å². The van der Waals surface area contributed by atoms with Gasteiger partial charge in [0.2, 0.25) is 4.99 Å². The standard InChI is InChI=1S/C8H8N2O2S2/c1-8(14(11,12)13)9-6-4-2-3-5-7(6)10-8/h2-5H,1H3,(H,11,12,13). The van der Waals surface area contributed by atoms with Crippen molar-refractivity contribution >= 4 is 20.0 Å². The van der Waals surface area contributed by atoms with Crippen LogP contribution in [0, 0.1) is 0 Å². The molecule has 1 unspecified atom stereocenters. The summed E-state index contributed by atoms with van der Waals surface area (Å²) < 4.78 is 20.7. The van der Waals surface area contributed by atoms with Crippen LogP contribution in [0.25, 0.3) is 0 Å². The minimum Gasteiger partial charge on any atom is -0.302 e. The number of para-hydroxylation sites is 2. The monoisotopic (exact) mass is 228 g/mol. The van der Waals surface area contributed by atoms with Crippen molar-refractivity contribution in [3.05, 3.63) is 35.0 Å².